The first kappa shape index (κ1) is 47.4. The van der Waals surface area contributed by atoms with Gasteiger partial charge in [-0.15, -0.1) is 0 Å². The SMILES string of the molecule is COc1ccc(CNC(=O)[C@]2(C)[C@@H](O[Si](F)(C(C)(C)C)C(C)(C)C)CC[C@]3(C)[C@H]4[C@@H](O)c5c(cc(-c6cccnc6)oc5=O)O[C@]4(C)[C@@H](OC(=O)c4ccc(C#N)cc4)C[C@H]32)c(OC)c1. The maximum Gasteiger partial charge on any atom is 0.394 e. The van der Waals surface area contributed by atoms with Gasteiger partial charge in [0.1, 0.15) is 40.3 Å². The van der Waals surface area contributed by atoms with Crippen molar-refractivity contribution >= 4 is 20.5 Å². The van der Waals surface area contributed by atoms with Crippen LogP contribution in [0.4, 0.5) is 4.11 Å². The summed E-state index contributed by atoms with van der Waals surface area (Å²) in [5.74, 6) is -1.66. The van der Waals surface area contributed by atoms with Gasteiger partial charge in [-0.1, -0.05) is 48.5 Å². The van der Waals surface area contributed by atoms with Crippen LogP contribution < -0.4 is 25.2 Å². The van der Waals surface area contributed by atoms with Crippen molar-refractivity contribution in [2.75, 3.05) is 14.2 Å². The number of pyridine rings is 1. The van der Waals surface area contributed by atoms with Gasteiger partial charge in [0.2, 0.25) is 5.91 Å². The number of nitrogens with zero attached hydrogens (tertiary/aromatic N) is 2. The highest BCUT2D eigenvalue weighted by Gasteiger charge is 2.73. The Labute approximate surface area is 380 Å². The van der Waals surface area contributed by atoms with Crippen molar-refractivity contribution in [2.24, 2.45) is 22.7 Å². The number of hydrogen-bond acceptors (Lipinski definition) is 12. The summed E-state index contributed by atoms with van der Waals surface area (Å²) in [6.45, 7) is 16.5. The van der Waals surface area contributed by atoms with E-state index in [2.05, 4.69) is 16.4 Å². The van der Waals surface area contributed by atoms with Crippen LogP contribution in [-0.4, -0.2) is 62.6 Å². The third-order valence-corrected chi connectivity index (χ3v) is 19.0. The molecule has 1 aliphatic heterocycles. The number of rotatable bonds is 10. The van der Waals surface area contributed by atoms with Gasteiger partial charge in [0, 0.05) is 58.2 Å². The normalized spacial score (nSPS) is 27.4. The van der Waals surface area contributed by atoms with E-state index in [4.69, 9.17) is 27.8 Å². The van der Waals surface area contributed by atoms with Gasteiger partial charge >= 0.3 is 20.2 Å². The molecule has 2 N–H and O–H groups in total. The number of nitrogens with one attached hydrogen (secondary N) is 1. The van der Waals surface area contributed by atoms with E-state index in [1.165, 1.54) is 43.6 Å². The quantitative estimate of drug-likeness (QED) is 0.0877. The number of methoxy groups -OCH3 is 2. The molecule has 2 aromatic heterocycles. The fourth-order valence-electron chi connectivity index (χ4n) is 11.3. The van der Waals surface area contributed by atoms with Crippen LogP contribution in [-0.2, 0) is 20.5 Å². The standard InChI is InChI=1S/C50H60FN3O10Si/c1-46(2,3)65(51,47(4,5)6)64-38-20-21-48(7)37(49(38,8)45(58)54-28-32-18-19-33(59-10)23-34(32)60-11)25-39(62-43(56)30-16-14-29(26-52)15-17-30)50(9)42(48)41(55)40-36(63-50)24-35(61-44(40)57)31-13-12-22-53-27-31/h12-19,22-24,27,37-39,41-42,55H,20-21,25,28H2,1-11H3,(H,54,58)/t37-,38+,39+,41+,42-,48+,49+,50-/m1/s1. The Kier molecular flexibility index (Phi) is 12.4. The number of halogens is 1. The van der Waals surface area contributed by atoms with Crippen molar-refractivity contribution in [3.8, 4) is 34.6 Å². The number of amides is 1. The summed E-state index contributed by atoms with van der Waals surface area (Å²) in [4.78, 5) is 48.0. The zero-order chi connectivity index (χ0) is 47.5. The molecule has 8 atom stereocenters. The lowest BCUT2D eigenvalue weighted by atomic mass is 9.42. The van der Waals surface area contributed by atoms with E-state index in [-0.39, 0.29) is 42.0 Å². The molecule has 2 fully saturated rings. The van der Waals surface area contributed by atoms with Gasteiger partial charge in [0.15, 0.2) is 0 Å². The minimum atomic E-state index is -4.27. The molecule has 2 aromatic carbocycles. The van der Waals surface area contributed by atoms with Crippen molar-refractivity contribution in [1.29, 1.82) is 5.26 Å². The molecule has 0 saturated heterocycles. The van der Waals surface area contributed by atoms with Crippen LogP contribution in [0.1, 0.15) is 115 Å². The molecule has 346 valence electrons. The van der Waals surface area contributed by atoms with E-state index < -0.39 is 82.8 Å². The Morgan fingerprint density at radius 3 is 2.29 bits per heavy atom. The van der Waals surface area contributed by atoms with Crippen molar-refractivity contribution in [3.63, 3.8) is 0 Å². The van der Waals surface area contributed by atoms with Gasteiger partial charge in [0.25, 0.3) is 0 Å². The monoisotopic (exact) mass is 909 g/mol. The summed E-state index contributed by atoms with van der Waals surface area (Å²) in [7, 11) is -1.20. The number of aliphatic hydroxyl groups is 1. The molecule has 3 aliphatic rings. The van der Waals surface area contributed by atoms with E-state index >= 15 is 8.90 Å². The van der Waals surface area contributed by atoms with Crippen LogP contribution in [0.25, 0.3) is 11.3 Å². The van der Waals surface area contributed by atoms with Gasteiger partial charge < -0.3 is 38.2 Å². The molecule has 1 amide bonds. The molecule has 7 rings (SSSR count). The maximum atomic E-state index is 18.1. The van der Waals surface area contributed by atoms with E-state index in [1.807, 2.05) is 48.5 Å². The number of ether oxygens (including phenoxy) is 4. The Bertz CT molecular complexity index is 2540. The predicted octanol–water partition coefficient (Wildman–Crippen LogP) is 9.16. The summed E-state index contributed by atoms with van der Waals surface area (Å²) in [6.07, 6.45) is 0.0127. The summed E-state index contributed by atoms with van der Waals surface area (Å²) < 4.78 is 55.4. The second-order valence-electron chi connectivity index (χ2n) is 20.4. The summed E-state index contributed by atoms with van der Waals surface area (Å²) in [5, 5.41) is 23.6. The molecule has 0 spiro atoms. The van der Waals surface area contributed by atoms with Crippen LogP contribution >= 0.6 is 0 Å². The number of carbonyl (C=O) groups excluding carboxylic acids is 2. The highest BCUT2D eigenvalue weighted by Crippen LogP contribution is 2.68. The van der Waals surface area contributed by atoms with E-state index in [0.717, 1.165) is 0 Å². The zero-order valence-electron chi connectivity index (χ0n) is 39.0. The first-order valence-electron chi connectivity index (χ1n) is 22.0. The van der Waals surface area contributed by atoms with Gasteiger partial charge in [-0.25, -0.2) is 9.59 Å². The number of benzene rings is 2. The Morgan fingerprint density at radius 1 is 1.00 bits per heavy atom. The lowest BCUT2D eigenvalue weighted by Crippen LogP contribution is -2.73. The first-order chi connectivity index (χ1) is 30.5. The molecule has 2 saturated carbocycles. The number of carbonyl (C=O) groups is 2. The first-order valence-corrected chi connectivity index (χ1v) is 23.8. The average molecular weight is 910 g/mol. The molecule has 65 heavy (non-hydrogen) atoms. The number of aromatic nitrogens is 1. The Balaban J connectivity index is 1.40. The van der Waals surface area contributed by atoms with Crippen molar-refractivity contribution in [1.82, 2.24) is 10.3 Å². The molecular formula is C50H60FN3O10Si. The molecule has 13 nitrogen and oxygen atoms in total. The van der Waals surface area contributed by atoms with E-state index in [9.17, 15) is 20.0 Å². The van der Waals surface area contributed by atoms with Crippen molar-refractivity contribution in [3.05, 3.63) is 106 Å². The molecule has 0 bridgehead atoms. The predicted molar refractivity (Wildman–Crippen MR) is 242 cm³/mol. The average Bonchev–Trinajstić information content (AvgIpc) is 3.26. The van der Waals surface area contributed by atoms with Crippen LogP contribution in [0.3, 0.4) is 0 Å². The van der Waals surface area contributed by atoms with Gasteiger partial charge in [-0.05, 0) is 93.0 Å². The zero-order valence-corrected chi connectivity index (χ0v) is 40.0. The third-order valence-electron chi connectivity index (χ3n) is 14.5. The maximum absolute atomic E-state index is 18.1. The largest absolute Gasteiger partial charge is 0.497 e. The van der Waals surface area contributed by atoms with Crippen LogP contribution in [0.15, 0.2) is 82.3 Å². The molecule has 3 heterocycles. The summed E-state index contributed by atoms with van der Waals surface area (Å²) in [5.41, 5.74) is -3.33. The molecular weight excluding hydrogens is 850 g/mol. The van der Waals surface area contributed by atoms with Gasteiger partial charge in [-0.2, -0.15) is 5.26 Å². The number of aliphatic hydroxyl groups excluding tert-OH is 1. The molecule has 15 heteroatoms. The van der Waals surface area contributed by atoms with E-state index in [1.54, 1.807) is 57.5 Å². The number of hydrogen-bond donors (Lipinski definition) is 2. The number of fused-ring (bicyclic) bond motifs is 4. The number of nitriles is 1. The smallest absolute Gasteiger partial charge is 0.394 e. The second-order valence-corrected chi connectivity index (χ2v) is 24.8. The van der Waals surface area contributed by atoms with Crippen LogP contribution in [0, 0.1) is 34.0 Å². The molecule has 2 aliphatic carbocycles. The molecule has 4 aromatic rings. The fraction of sp³-hybridized carbons (Fsp3) is 0.500. The van der Waals surface area contributed by atoms with Gasteiger partial charge in [0.05, 0.1) is 49.0 Å². The van der Waals surface area contributed by atoms with Crippen molar-refractivity contribution in [2.45, 2.75) is 122 Å². The lowest BCUT2D eigenvalue weighted by Gasteiger charge is -2.66. The number of esters is 1. The van der Waals surface area contributed by atoms with E-state index in [0.29, 0.717) is 34.6 Å². The summed E-state index contributed by atoms with van der Waals surface area (Å²) >= 11 is 0. The second kappa shape index (κ2) is 17.0. The topological polar surface area (TPSA) is 179 Å². The molecule has 0 unspecified atom stereocenters. The molecule has 0 radical (unpaired) electrons. The highest BCUT2D eigenvalue weighted by molar-refractivity contribution is 6.72. The van der Waals surface area contributed by atoms with Crippen molar-refractivity contribution < 1.29 is 46.6 Å². The minimum absolute atomic E-state index is 0.0198. The lowest BCUT2D eigenvalue weighted by molar-refractivity contribution is -0.255. The highest BCUT2D eigenvalue weighted by atomic mass is 28.4. The third kappa shape index (κ3) is 8.01. The van der Waals surface area contributed by atoms with Crippen LogP contribution in [0.2, 0.25) is 10.1 Å². The van der Waals surface area contributed by atoms with Crippen LogP contribution in [0.5, 0.6) is 17.2 Å². The van der Waals surface area contributed by atoms with Gasteiger partial charge in [-0.3, -0.25) is 13.9 Å². The Morgan fingerprint density at radius 2 is 1.69 bits per heavy atom. The minimum Gasteiger partial charge on any atom is -0.497 e. The summed E-state index contributed by atoms with van der Waals surface area (Å²) in [6, 6.07) is 18.3. The Hall–Kier alpha value is -5.56. The fourth-order valence-corrected chi connectivity index (χ4v) is 15.0.